The Kier molecular flexibility index (Phi) is 4.16. The lowest BCUT2D eigenvalue weighted by Crippen LogP contribution is -2.00. The number of nitrogens with zero attached hydrogens (tertiary/aromatic N) is 2. The van der Waals surface area contributed by atoms with E-state index in [1.54, 1.807) is 6.07 Å². The molecule has 0 radical (unpaired) electrons. The summed E-state index contributed by atoms with van der Waals surface area (Å²) in [6.07, 6.45) is 0. The Labute approximate surface area is 134 Å². The molecule has 2 aromatic carbocycles. The fourth-order valence-corrected chi connectivity index (χ4v) is 2.15. The molecule has 0 atom stereocenters. The van der Waals surface area contributed by atoms with Gasteiger partial charge in [0.1, 0.15) is 28.4 Å². The largest absolute Gasteiger partial charge is 0.338 e. The fourth-order valence-electron chi connectivity index (χ4n) is 1.97. The number of hydrogen-bond donors (Lipinski definition) is 1. The van der Waals surface area contributed by atoms with Crippen LogP contribution in [0.15, 0.2) is 48.5 Å². The maximum atomic E-state index is 13.7. The van der Waals surface area contributed by atoms with E-state index in [1.807, 2.05) is 0 Å². The highest BCUT2D eigenvalue weighted by molar-refractivity contribution is 6.29. The van der Waals surface area contributed by atoms with Crippen molar-refractivity contribution in [1.29, 1.82) is 0 Å². The first-order valence-electron chi connectivity index (χ1n) is 6.54. The molecule has 0 saturated carbocycles. The van der Waals surface area contributed by atoms with Gasteiger partial charge in [0, 0.05) is 17.7 Å². The number of aromatic nitrogens is 2. The minimum Gasteiger partial charge on any atom is -0.338 e. The number of rotatable bonds is 3. The summed E-state index contributed by atoms with van der Waals surface area (Å²) in [6, 6.07) is 10.0. The molecular formula is C16H9ClF3N3. The number of halogens is 4. The van der Waals surface area contributed by atoms with Crippen molar-refractivity contribution in [3.05, 3.63) is 71.1 Å². The molecule has 0 amide bonds. The molecule has 1 N–H and O–H groups in total. The van der Waals surface area contributed by atoms with Crippen molar-refractivity contribution < 1.29 is 13.2 Å². The predicted molar refractivity (Wildman–Crippen MR) is 82.1 cm³/mol. The molecule has 0 aliphatic rings. The normalized spacial score (nSPS) is 10.6. The maximum Gasteiger partial charge on any atom is 0.163 e. The molecular weight excluding hydrogens is 327 g/mol. The van der Waals surface area contributed by atoms with Gasteiger partial charge in [-0.25, -0.2) is 23.1 Å². The van der Waals surface area contributed by atoms with Gasteiger partial charge in [-0.1, -0.05) is 23.7 Å². The van der Waals surface area contributed by atoms with E-state index in [-0.39, 0.29) is 22.5 Å². The van der Waals surface area contributed by atoms with Crippen LogP contribution in [0.5, 0.6) is 0 Å². The van der Waals surface area contributed by atoms with E-state index < -0.39 is 17.5 Å². The Morgan fingerprint density at radius 3 is 2.43 bits per heavy atom. The van der Waals surface area contributed by atoms with Crippen LogP contribution in [-0.4, -0.2) is 9.97 Å². The van der Waals surface area contributed by atoms with E-state index in [2.05, 4.69) is 15.3 Å². The molecule has 116 valence electrons. The molecule has 0 aliphatic carbocycles. The first kappa shape index (κ1) is 15.3. The average Bonchev–Trinajstić information content (AvgIpc) is 2.50. The molecule has 23 heavy (non-hydrogen) atoms. The summed E-state index contributed by atoms with van der Waals surface area (Å²) in [5, 5.41) is 2.72. The van der Waals surface area contributed by atoms with Crippen LogP contribution in [0, 0.1) is 17.5 Å². The lowest BCUT2D eigenvalue weighted by molar-refractivity contribution is 0.603. The molecule has 7 heteroatoms. The minimum atomic E-state index is -0.645. The zero-order valence-corrected chi connectivity index (χ0v) is 12.3. The third kappa shape index (κ3) is 3.60. The van der Waals surface area contributed by atoms with Gasteiger partial charge in [-0.15, -0.1) is 0 Å². The molecule has 3 nitrogen and oxygen atoms in total. The highest BCUT2D eigenvalue weighted by Gasteiger charge is 2.10. The van der Waals surface area contributed by atoms with Gasteiger partial charge in [0.25, 0.3) is 0 Å². The van der Waals surface area contributed by atoms with E-state index >= 15 is 0 Å². The van der Waals surface area contributed by atoms with Gasteiger partial charge in [-0.05, 0) is 24.3 Å². The summed E-state index contributed by atoms with van der Waals surface area (Å²) in [4.78, 5) is 8.16. The third-order valence-corrected chi connectivity index (χ3v) is 3.16. The SMILES string of the molecule is Fc1cccc(-c2nc(Cl)cc(Nc3cc(F)ccc3F)n2)c1. The summed E-state index contributed by atoms with van der Waals surface area (Å²) in [7, 11) is 0. The smallest absolute Gasteiger partial charge is 0.163 e. The van der Waals surface area contributed by atoms with Crippen molar-refractivity contribution in [2.45, 2.75) is 0 Å². The fraction of sp³-hybridized carbons (Fsp3) is 0. The number of nitrogens with one attached hydrogen (secondary N) is 1. The van der Waals surface area contributed by atoms with Crippen LogP contribution in [0.1, 0.15) is 0 Å². The van der Waals surface area contributed by atoms with Crippen molar-refractivity contribution in [1.82, 2.24) is 9.97 Å². The minimum absolute atomic E-state index is 0.0820. The Hall–Kier alpha value is -2.60. The molecule has 0 saturated heterocycles. The van der Waals surface area contributed by atoms with Gasteiger partial charge in [-0.3, -0.25) is 0 Å². The van der Waals surface area contributed by atoms with Crippen molar-refractivity contribution in [2.24, 2.45) is 0 Å². The molecule has 0 bridgehead atoms. The maximum absolute atomic E-state index is 13.7. The Morgan fingerprint density at radius 2 is 1.65 bits per heavy atom. The van der Waals surface area contributed by atoms with Crippen LogP contribution >= 0.6 is 11.6 Å². The van der Waals surface area contributed by atoms with Gasteiger partial charge in [0.05, 0.1) is 5.69 Å². The quantitative estimate of drug-likeness (QED) is 0.688. The van der Waals surface area contributed by atoms with Crippen molar-refractivity contribution in [3.63, 3.8) is 0 Å². The van der Waals surface area contributed by atoms with Crippen LogP contribution in [0.25, 0.3) is 11.4 Å². The molecule has 1 aromatic heterocycles. The summed E-state index contributed by atoms with van der Waals surface area (Å²) >= 11 is 5.92. The monoisotopic (exact) mass is 335 g/mol. The van der Waals surface area contributed by atoms with Crippen LogP contribution in [-0.2, 0) is 0 Å². The third-order valence-electron chi connectivity index (χ3n) is 2.97. The van der Waals surface area contributed by atoms with Crippen LogP contribution in [0.2, 0.25) is 5.15 Å². The van der Waals surface area contributed by atoms with E-state index in [1.165, 1.54) is 24.3 Å². The highest BCUT2D eigenvalue weighted by atomic mass is 35.5. The molecule has 0 fully saturated rings. The molecule has 0 unspecified atom stereocenters. The van der Waals surface area contributed by atoms with Crippen molar-refractivity contribution in [3.8, 4) is 11.4 Å². The van der Waals surface area contributed by atoms with Crippen LogP contribution < -0.4 is 5.32 Å². The second kappa shape index (κ2) is 6.26. The summed E-state index contributed by atoms with van der Waals surface area (Å²) in [5.41, 5.74) is 0.320. The Bertz CT molecular complexity index is 871. The Morgan fingerprint density at radius 1 is 0.870 bits per heavy atom. The first-order chi connectivity index (χ1) is 11.0. The van der Waals surface area contributed by atoms with Gasteiger partial charge in [-0.2, -0.15) is 0 Å². The topological polar surface area (TPSA) is 37.8 Å². The van der Waals surface area contributed by atoms with Crippen LogP contribution in [0.4, 0.5) is 24.7 Å². The van der Waals surface area contributed by atoms with E-state index in [0.717, 1.165) is 18.2 Å². The number of hydrogen-bond acceptors (Lipinski definition) is 3. The van der Waals surface area contributed by atoms with E-state index in [0.29, 0.717) is 5.56 Å². The Balaban J connectivity index is 1.99. The van der Waals surface area contributed by atoms with Gasteiger partial charge in [0.15, 0.2) is 5.82 Å². The summed E-state index contributed by atoms with van der Waals surface area (Å²) in [6.45, 7) is 0. The summed E-state index contributed by atoms with van der Waals surface area (Å²) < 4.78 is 40.2. The molecule has 0 aliphatic heterocycles. The van der Waals surface area contributed by atoms with Crippen molar-refractivity contribution in [2.75, 3.05) is 5.32 Å². The zero-order chi connectivity index (χ0) is 16.4. The van der Waals surface area contributed by atoms with Gasteiger partial charge in [0.2, 0.25) is 0 Å². The molecule has 3 rings (SSSR count). The second-order valence-electron chi connectivity index (χ2n) is 4.66. The standard InChI is InChI=1S/C16H9ClF3N3/c17-14-8-15(21-13-7-11(19)4-5-12(13)20)23-16(22-14)9-2-1-3-10(18)6-9/h1-8H,(H,21,22,23). The van der Waals surface area contributed by atoms with E-state index in [4.69, 9.17) is 11.6 Å². The van der Waals surface area contributed by atoms with Crippen LogP contribution in [0.3, 0.4) is 0 Å². The summed E-state index contributed by atoms with van der Waals surface area (Å²) in [5.74, 6) is -1.37. The number of anilines is 2. The lowest BCUT2D eigenvalue weighted by Gasteiger charge is -2.09. The van der Waals surface area contributed by atoms with E-state index in [9.17, 15) is 13.2 Å². The number of benzene rings is 2. The highest BCUT2D eigenvalue weighted by Crippen LogP contribution is 2.24. The van der Waals surface area contributed by atoms with Gasteiger partial charge < -0.3 is 5.32 Å². The predicted octanol–water partition coefficient (Wildman–Crippen LogP) is 4.96. The van der Waals surface area contributed by atoms with Gasteiger partial charge >= 0.3 is 0 Å². The lowest BCUT2D eigenvalue weighted by atomic mass is 10.2. The zero-order valence-electron chi connectivity index (χ0n) is 11.5. The second-order valence-corrected chi connectivity index (χ2v) is 5.05. The average molecular weight is 336 g/mol. The van der Waals surface area contributed by atoms with Crippen molar-refractivity contribution >= 4 is 23.1 Å². The first-order valence-corrected chi connectivity index (χ1v) is 6.92. The molecule has 3 aromatic rings. The molecule has 0 spiro atoms. The molecule has 1 heterocycles.